The van der Waals surface area contributed by atoms with Gasteiger partial charge in [0.2, 0.25) is 0 Å². The molecule has 68 valence electrons. The maximum absolute atomic E-state index is 10.0. The van der Waals surface area contributed by atoms with Gasteiger partial charge in [0.05, 0.1) is 0 Å². The van der Waals surface area contributed by atoms with Crippen LogP contribution in [0.2, 0.25) is 0 Å². The van der Waals surface area contributed by atoms with Crippen molar-refractivity contribution in [3.63, 3.8) is 0 Å². The van der Waals surface area contributed by atoms with Crippen molar-refractivity contribution in [2.45, 2.75) is 6.92 Å². The standard InChI is InChI=1S/C11H12O2/c1-2-10(8-13-9-12)11-6-4-3-5-7-11/h2-7,9H,8H2,1H3/b10-2-. The van der Waals surface area contributed by atoms with E-state index < -0.39 is 0 Å². The molecular formula is C11H12O2. The van der Waals surface area contributed by atoms with Crippen molar-refractivity contribution in [1.82, 2.24) is 0 Å². The Hall–Kier alpha value is -1.57. The number of ether oxygens (including phenoxy) is 1. The predicted molar refractivity (Wildman–Crippen MR) is 52.1 cm³/mol. The van der Waals surface area contributed by atoms with E-state index in [-0.39, 0.29) is 0 Å². The number of hydrogen-bond acceptors (Lipinski definition) is 2. The van der Waals surface area contributed by atoms with Crippen LogP contribution < -0.4 is 0 Å². The lowest BCUT2D eigenvalue weighted by atomic mass is 10.1. The highest BCUT2D eigenvalue weighted by Crippen LogP contribution is 2.13. The Morgan fingerprint density at radius 2 is 2.08 bits per heavy atom. The number of carbonyl (C=O) groups is 1. The van der Waals surface area contributed by atoms with Gasteiger partial charge in [-0.15, -0.1) is 0 Å². The van der Waals surface area contributed by atoms with E-state index >= 15 is 0 Å². The first-order valence-electron chi connectivity index (χ1n) is 4.14. The van der Waals surface area contributed by atoms with E-state index in [1.165, 1.54) is 0 Å². The molecular weight excluding hydrogens is 164 g/mol. The van der Waals surface area contributed by atoms with Crippen LogP contribution in [0.3, 0.4) is 0 Å². The number of carbonyl (C=O) groups excluding carboxylic acids is 1. The highest BCUT2D eigenvalue weighted by Gasteiger charge is 1.98. The summed E-state index contributed by atoms with van der Waals surface area (Å²) in [6.45, 7) is 2.73. The molecule has 2 nitrogen and oxygen atoms in total. The zero-order valence-corrected chi connectivity index (χ0v) is 7.57. The number of hydrogen-bond donors (Lipinski definition) is 0. The predicted octanol–water partition coefficient (Wildman–Crippen LogP) is 2.26. The lowest BCUT2D eigenvalue weighted by Gasteiger charge is -2.04. The van der Waals surface area contributed by atoms with Gasteiger partial charge in [-0.1, -0.05) is 36.4 Å². The first kappa shape index (κ1) is 9.52. The Labute approximate surface area is 77.8 Å². The molecule has 1 aromatic carbocycles. The summed E-state index contributed by atoms with van der Waals surface area (Å²) in [5, 5.41) is 0. The maximum Gasteiger partial charge on any atom is 0.293 e. The fourth-order valence-corrected chi connectivity index (χ4v) is 1.11. The van der Waals surface area contributed by atoms with Gasteiger partial charge in [-0.05, 0) is 18.1 Å². The smallest absolute Gasteiger partial charge is 0.293 e. The fourth-order valence-electron chi connectivity index (χ4n) is 1.11. The quantitative estimate of drug-likeness (QED) is 0.658. The molecule has 0 aliphatic rings. The summed E-state index contributed by atoms with van der Waals surface area (Å²) < 4.78 is 4.69. The Morgan fingerprint density at radius 1 is 1.38 bits per heavy atom. The summed E-state index contributed by atoms with van der Waals surface area (Å²) in [4.78, 5) is 10.0. The Bertz CT molecular complexity index is 288. The van der Waals surface area contributed by atoms with Crippen molar-refractivity contribution in [1.29, 1.82) is 0 Å². The molecule has 13 heavy (non-hydrogen) atoms. The molecule has 0 spiro atoms. The molecule has 0 saturated carbocycles. The number of allylic oxidation sites excluding steroid dienone is 1. The van der Waals surface area contributed by atoms with Gasteiger partial charge in [0.15, 0.2) is 0 Å². The SMILES string of the molecule is C/C=C(/COC=O)c1ccccc1. The summed E-state index contributed by atoms with van der Waals surface area (Å²) in [6.07, 6.45) is 1.94. The van der Waals surface area contributed by atoms with Crippen LogP contribution in [-0.2, 0) is 9.53 Å². The third-order valence-corrected chi connectivity index (χ3v) is 1.80. The molecule has 0 aliphatic carbocycles. The van der Waals surface area contributed by atoms with E-state index in [0.29, 0.717) is 13.1 Å². The lowest BCUT2D eigenvalue weighted by Crippen LogP contribution is -1.95. The third kappa shape index (κ3) is 2.75. The highest BCUT2D eigenvalue weighted by molar-refractivity contribution is 5.66. The van der Waals surface area contributed by atoms with E-state index in [1.54, 1.807) is 0 Å². The molecule has 0 aliphatic heterocycles. The lowest BCUT2D eigenvalue weighted by molar-refractivity contribution is -0.127. The summed E-state index contributed by atoms with van der Waals surface area (Å²) in [7, 11) is 0. The summed E-state index contributed by atoms with van der Waals surface area (Å²) in [5.74, 6) is 0. The zero-order chi connectivity index (χ0) is 9.52. The Balaban J connectivity index is 2.74. The van der Waals surface area contributed by atoms with Crippen molar-refractivity contribution < 1.29 is 9.53 Å². The second-order valence-electron chi connectivity index (χ2n) is 2.59. The molecule has 0 heterocycles. The van der Waals surface area contributed by atoms with Crippen LogP contribution in [-0.4, -0.2) is 13.1 Å². The molecule has 0 radical (unpaired) electrons. The van der Waals surface area contributed by atoms with Crippen molar-refractivity contribution in [2.24, 2.45) is 0 Å². The molecule has 0 unspecified atom stereocenters. The largest absolute Gasteiger partial charge is 0.463 e. The van der Waals surface area contributed by atoms with Crippen LogP contribution in [0.15, 0.2) is 36.4 Å². The molecule has 0 bridgehead atoms. The van der Waals surface area contributed by atoms with Gasteiger partial charge < -0.3 is 4.74 Å². The topological polar surface area (TPSA) is 26.3 Å². The van der Waals surface area contributed by atoms with E-state index in [9.17, 15) is 4.79 Å². The number of benzene rings is 1. The monoisotopic (exact) mass is 176 g/mol. The average molecular weight is 176 g/mol. The van der Waals surface area contributed by atoms with E-state index in [2.05, 4.69) is 0 Å². The van der Waals surface area contributed by atoms with Gasteiger partial charge in [-0.25, -0.2) is 0 Å². The van der Waals surface area contributed by atoms with E-state index in [4.69, 9.17) is 4.74 Å². The first-order chi connectivity index (χ1) is 6.38. The molecule has 1 aromatic rings. The van der Waals surface area contributed by atoms with Crippen LogP contribution in [0.5, 0.6) is 0 Å². The van der Waals surface area contributed by atoms with Gasteiger partial charge in [-0.2, -0.15) is 0 Å². The minimum Gasteiger partial charge on any atom is -0.463 e. The molecule has 0 N–H and O–H groups in total. The summed E-state index contributed by atoms with van der Waals surface area (Å²) in [5.41, 5.74) is 2.11. The second-order valence-corrected chi connectivity index (χ2v) is 2.59. The van der Waals surface area contributed by atoms with Crippen LogP contribution in [0.25, 0.3) is 5.57 Å². The molecule has 0 amide bonds. The van der Waals surface area contributed by atoms with Gasteiger partial charge >= 0.3 is 0 Å². The summed E-state index contributed by atoms with van der Waals surface area (Å²) >= 11 is 0. The average Bonchev–Trinajstić information content (AvgIpc) is 2.21. The van der Waals surface area contributed by atoms with Gasteiger partial charge in [0, 0.05) is 0 Å². The van der Waals surface area contributed by atoms with Crippen LogP contribution in [0.1, 0.15) is 12.5 Å². The minimum absolute atomic E-state index is 0.337. The molecule has 2 heteroatoms. The maximum atomic E-state index is 10.0. The Kier molecular flexibility index (Phi) is 3.76. The second kappa shape index (κ2) is 5.14. The van der Waals surface area contributed by atoms with Crippen molar-refractivity contribution in [3.05, 3.63) is 42.0 Å². The van der Waals surface area contributed by atoms with Gasteiger partial charge in [-0.3, -0.25) is 4.79 Å². The zero-order valence-electron chi connectivity index (χ0n) is 7.57. The van der Waals surface area contributed by atoms with Gasteiger partial charge in [0.1, 0.15) is 6.61 Å². The van der Waals surface area contributed by atoms with Crippen molar-refractivity contribution >= 4 is 12.0 Å². The van der Waals surface area contributed by atoms with Crippen molar-refractivity contribution in [3.8, 4) is 0 Å². The van der Waals surface area contributed by atoms with Crippen LogP contribution in [0.4, 0.5) is 0 Å². The molecule has 0 saturated heterocycles. The summed E-state index contributed by atoms with van der Waals surface area (Å²) in [6, 6.07) is 9.85. The fraction of sp³-hybridized carbons (Fsp3) is 0.182. The van der Waals surface area contributed by atoms with E-state index in [1.807, 2.05) is 43.3 Å². The molecule has 0 fully saturated rings. The third-order valence-electron chi connectivity index (χ3n) is 1.80. The van der Waals surface area contributed by atoms with E-state index in [0.717, 1.165) is 11.1 Å². The normalized spacial score (nSPS) is 11.0. The van der Waals surface area contributed by atoms with Crippen LogP contribution >= 0.6 is 0 Å². The molecule has 0 atom stereocenters. The van der Waals surface area contributed by atoms with Crippen LogP contribution in [0, 0.1) is 0 Å². The highest BCUT2D eigenvalue weighted by atomic mass is 16.5. The van der Waals surface area contributed by atoms with Gasteiger partial charge in [0.25, 0.3) is 6.47 Å². The minimum atomic E-state index is 0.337. The molecule has 0 aromatic heterocycles. The van der Waals surface area contributed by atoms with Crippen molar-refractivity contribution in [2.75, 3.05) is 6.61 Å². The Morgan fingerprint density at radius 3 is 2.62 bits per heavy atom. The number of rotatable bonds is 4. The molecule has 1 rings (SSSR count). The first-order valence-corrected chi connectivity index (χ1v) is 4.14.